The van der Waals surface area contributed by atoms with Crippen LogP contribution in [0.5, 0.6) is 11.5 Å². The van der Waals surface area contributed by atoms with E-state index < -0.39 is 11.8 Å². The first-order chi connectivity index (χ1) is 12.9. The summed E-state index contributed by atoms with van der Waals surface area (Å²) in [5, 5.41) is 9.42. The molecule has 1 heterocycles. The molecule has 0 radical (unpaired) electrons. The number of benzene rings is 1. The van der Waals surface area contributed by atoms with Crippen LogP contribution >= 0.6 is 0 Å². The molecule has 1 aromatic rings. The van der Waals surface area contributed by atoms with Gasteiger partial charge in [0, 0.05) is 11.6 Å². The number of hydrogen-bond acceptors (Lipinski definition) is 5. The van der Waals surface area contributed by atoms with Gasteiger partial charge in [-0.3, -0.25) is 14.5 Å². The third-order valence-corrected chi connectivity index (χ3v) is 4.60. The molecular weight excluding hydrogens is 344 g/mol. The second-order valence-corrected chi connectivity index (χ2v) is 6.25. The predicted molar refractivity (Wildman–Crippen MR) is 102 cm³/mol. The monoisotopic (exact) mass is 368 g/mol. The molecule has 6 nitrogen and oxygen atoms in total. The maximum Gasteiger partial charge on any atom is 0.271 e. The van der Waals surface area contributed by atoms with Crippen LogP contribution in [-0.4, -0.2) is 36.5 Å². The molecule has 0 spiro atoms. The average molecular weight is 368 g/mol. The van der Waals surface area contributed by atoms with E-state index in [1.165, 1.54) is 4.90 Å². The van der Waals surface area contributed by atoms with Crippen LogP contribution in [0.2, 0.25) is 0 Å². The van der Waals surface area contributed by atoms with Crippen LogP contribution < -0.4 is 9.47 Å². The smallest absolute Gasteiger partial charge is 0.271 e. The third-order valence-electron chi connectivity index (χ3n) is 4.60. The van der Waals surface area contributed by atoms with Gasteiger partial charge in [0.2, 0.25) is 0 Å². The molecule has 27 heavy (non-hydrogen) atoms. The van der Waals surface area contributed by atoms with Gasteiger partial charge in [-0.2, -0.15) is 5.26 Å². The molecule has 0 aliphatic carbocycles. The van der Waals surface area contributed by atoms with E-state index in [4.69, 9.17) is 9.47 Å². The van der Waals surface area contributed by atoms with E-state index in [1.54, 1.807) is 45.2 Å². The van der Waals surface area contributed by atoms with Gasteiger partial charge in [0.25, 0.3) is 11.8 Å². The Morgan fingerprint density at radius 1 is 1.22 bits per heavy atom. The zero-order valence-corrected chi connectivity index (χ0v) is 16.3. The molecule has 0 bridgehead atoms. The van der Waals surface area contributed by atoms with Crippen LogP contribution in [0.25, 0.3) is 6.08 Å². The molecule has 2 rings (SSSR count). The highest BCUT2D eigenvalue weighted by atomic mass is 16.5. The Kier molecular flexibility index (Phi) is 6.40. The minimum absolute atomic E-state index is 0.000878. The predicted octanol–water partition coefficient (Wildman–Crippen LogP) is 3.48. The number of rotatable bonds is 6. The maximum atomic E-state index is 13.0. The molecule has 0 N–H and O–H groups in total. The molecule has 0 aromatic heterocycles. The first-order valence-electron chi connectivity index (χ1n) is 8.91. The highest BCUT2D eigenvalue weighted by Crippen LogP contribution is 2.32. The van der Waals surface area contributed by atoms with Crippen LogP contribution in [0, 0.1) is 11.3 Å². The highest BCUT2D eigenvalue weighted by Gasteiger charge is 2.37. The van der Waals surface area contributed by atoms with E-state index in [0.29, 0.717) is 41.2 Å². The molecule has 0 saturated heterocycles. The van der Waals surface area contributed by atoms with Gasteiger partial charge in [0.1, 0.15) is 11.6 Å². The van der Waals surface area contributed by atoms with Gasteiger partial charge in [0.05, 0.1) is 13.7 Å². The Hall–Kier alpha value is -3.07. The first kappa shape index (κ1) is 20.2. The molecule has 1 aromatic carbocycles. The van der Waals surface area contributed by atoms with Crippen molar-refractivity contribution in [1.29, 1.82) is 5.26 Å². The van der Waals surface area contributed by atoms with Crippen molar-refractivity contribution >= 4 is 17.9 Å². The van der Waals surface area contributed by atoms with E-state index in [1.807, 2.05) is 19.9 Å². The summed E-state index contributed by atoms with van der Waals surface area (Å²) in [5.74, 6) is 0.236. The number of carbonyl (C=O) groups is 2. The molecule has 0 fully saturated rings. The molecule has 1 atom stereocenters. The van der Waals surface area contributed by atoms with Crippen molar-refractivity contribution in [3.8, 4) is 17.6 Å². The number of nitriles is 1. The number of hydrogen-bond donors (Lipinski definition) is 0. The van der Waals surface area contributed by atoms with Crippen LogP contribution in [0.4, 0.5) is 0 Å². The lowest BCUT2D eigenvalue weighted by atomic mass is 9.92. The van der Waals surface area contributed by atoms with E-state index in [0.717, 1.165) is 0 Å². The summed E-state index contributed by atoms with van der Waals surface area (Å²) in [4.78, 5) is 26.7. The van der Waals surface area contributed by atoms with E-state index >= 15 is 0 Å². The zero-order valence-electron chi connectivity index (χ0n) is 16.3. The molecule has 1 aliphatic heterocycles. The SMILES string of the molecule is CCOc1ccc(/C=C2/C(=O)N(C(C)CC)C(=O)C(C#N)=C2C)cc1OC. The zero-order chi connectivity index (χ0) is 20.1. The average Bonchev–Trinajstić information content (AvgIpc) is 2.66. The summed E-state index contributed by atoms with van der Waals surface area (Å²) in [5.41, 5.74) is 1.44. The van der Waals surface area contributed by atoms with Crippen molar-refractivity contribution in [2.45, 2.75) is 40.2 Å². The van der Waals surface area contributed by atoms with Gasteiger partial charge >= 0.3 is 0 Å². The lowest BCUT2D eigenvalue weighted by Crippen LogP contribution is -2.47. The normalized spacial score (nSPS) is 17.2. The second-order valence-electron chi connectivity index (χ2n) is 6.25. The maximum absolute atomic E-state index is 13.0. The van der Waals surface area contributed by atoms with Crippen LogP contribution in [0.15, 0.2) is 34.9 Å². The Morgan fingerprint density at radius 3 is 2.48 bits per heavy atom. The van der Waals surface area contributed by atoms with Gasteiger partial charge < -0.3 is 9.47 Å². The van der Waals surface area contributed by atoms with Crippen molar-refractivity contribution in [3.05, 3.63) is 40.5 Å². The molecule has 142 valence electrons. The minimum atomic E-state index is -0.532. The Morgan fingerprint density at radius 2 is 1.93 bits per heavy atom. The van der Waals surface area contributed by atoms with Crippen LogP contribution in [0.1, 0.15) is 39.7 Å². The van der Waals surface area contributed by atoms with Gasteiger partial charge in [-0.05, 0) is 56.5 Å². The highest BCUT2D eigenvalue weighted by molar-refractivity contribution is 6.19. The summed E-state index contributed by atoms with van der Waals surface area (Å²) < 4.78 is 10.9. The fourth-order valence-electron chi connectivity index (χ4n) is 2.90. The quantitative estimate of drug-likeness (QED) is 0.567. The lowest BCUT2D eigenvalue weighted by molar-refractivity contribution is -0.142. The van der Waals surface area contributed by atoms with Crippen molar-refractivity contribution in [2.24, 2.45) is 0 Å². The third kappa shape index (κ3) is 3.87. The van der Waals surface area contributed by atoms with Gasteiger partial charge in [-0.25, -0.2) is 0 Å². The summed E-state index contributed by atoms with van der Waals surface area (Å²) in [6.45, 7) is 7.70. The van der Waals surface area contributed by atoms with E-state index in [9.17, 15) is 14.9 Å². The number of methoxy groups -OCH3 is 1. The van der Waals surface area contributed by atoms with Crippen LogP contribution in [0.3, 0.4) is 0 Å². The minimum Gasteiger partial charge on any atom is -0.493 e. The number of nitrogens with zero attached hydrogens (tertiary/aromatic N) is 2. The number of imide groups is 1. The molecule has 6 heteroatoms. The molecule has 2 amide bonds. The van der Waals surface area contributed by atoms with Crippen molar-refractivity contribution in [3.63, 3.8) is 0 Å². The Bertz CT molecular complexity index is 861. The number of amides is 2. The van der Waals surface area contributed by atoms with Crippen LogP contribution in [-0.2, 0) is 9.59 Å². The Labute approximate surface area is 159 Å². The van der Waals surface area contributed by atoms with E-state index in [2.05, 4.69) is 0 Å². The topological polar surface area (TPSA) is 79.6 Å². The van der Waals surface area contributed by atoms with Gasteiger partial charge in [-0.15, -0.1) is 0 Å². The summed E-state index contributed by atoms with van der Waals surface area (Å²) in [6.07, 6.45) is 2.29. The Balaban J connectivity index is 2.58. The first-order valence-corrected chi connectivity index (χ1v) is 8.91. The second kappa shape index (κ2) is 8.54. The summed E-state index contributed by atoms with van der Waals surface area (Å²) >= 11 is 0. The fraction of sp³-hybridized carbons (Fsp3) is 0.381. The molecule has 1 aliphatic rings. The number of carbonyl (C=O) groups excluding carboxylic acids is 2. The number of ether oxygens (including phenoxy) is 2. The summed E-state index contributed by atoms with van der Waals surface area (Å²) in [6, 6.07) is 6.98. The summed E-state index contributed by atoms with van der Waals surface area (Å²) in [7, 11) is 1.54. The van der Waals surface area contributed by atoms with Gasteiger partial charge in [-0.1, -0.05) is 13.0 Å². The standard InChI is InChI=1S/C21H24N2O4/c1-6-13(3)23-20(24)16(14(4)17(12-22)21(23)25)10-15-8-9-18(27-7-2)19(11-15)26-5/h8-11,13H,6-7H2,1-5H3/b16-10+. The van der Waals surface area contributed by atoms with Gasteiger partial charge in [0.15, 0.2) is 11.5 Å². The van der Waals surface area contributed by atoms with Crippen molar-refractivity contribution < 1.29 is 19.1 Å². The van der Waals surface area contributed by atoms with Crippen molar-refractivity contribution in [1.82, 2.24) is 4.90 Å². The van der Waals surface area contributed by atoms with Crippen molar-refractivity contribution in [2.75, 3.05) is 13.7 Å². The van der Waals surface area contributed by atoms with E-state index in [-0.39, 0.29) is 11.6 Å². The molecule has 0 saturated carbocycles. The molecular formula is C21H24N2O4. The fourth-order valence-corrected chi connectivity index (χ4v) is 2.90. The molecule has 1 unspecified atom stereocenters. The largest absolute Gasteiger partial charge is 0.493 e. The lowest BCUT2D eigenvalue weighted by Gasteiger charge is -2.31.